The lowest BCUT2D eigenvalue weighted by Crippen LogP contribution is -2.07. The van der Waals surface area contributed by atoms with Gasteiger partial charge >= 0.3 is 11.9 Å². The highest BCUT2D eigenvalue weighted by molar-refractivity contribution is 9.11. The second kappa shape index (κ2) is 6.96. The largest absolute Gasteiger partial charge is 0.423 e. The summed E-state index contributed by atoms with van der Waals surface area (Å²) in [4.78, 5) is 23.7. The second-order valence-corrected chi connectivity index (χ2v) is 4.06. The highest BCUT2D eigenvalue weighted by atomic mass is 79.9. The lowest BCUT2D eigenvalue weighted by Gasteiger charge is -2.09. The Labute approximate surface area is 114 Å². The summed E-state index contributed by atoms with van der Waals surface area (Å²) in [6, 6.07) is 5.09. The molecule has 0 aliphatic carbocycles. The summed E-state index contributed by atoms with van der Waals surface area (Å²) in [5.41, 5.74) is 0.942. The lowest BCUT2D eigenvalue weighted by molar-refractivity contribution is -0.134. The van der Waals surface area contributed by atoms with E-state index in [1.54, 1.807) is 23.2 Å². The van der Waals surface area contributed by atoms with Gasteiger partial charge < -0.3 is 9.47 Å². The minimum atomic E-state index is -0.462. The molecule has 1 rings (SSSR count). The highest BCUT2D eigenvalue weighted by Gasteiger charge is 2.10. The van der Waals surface area contributed by atoms with E-state index in [4.69, 9.17) is 9.47 Å². The number of ether oxygens (including phenoxy) is 2. The van der Waals surface area contributed by atoms with Crippen molar-refractivity contribution in [2.45, 2.75) is 20.3 Å². The first-order valence-corrected chi connectivity index (χ1v) is 6.19. The van der Waals surface area contributed by atoms with E-state index < -0.39 is 11.9 Å². The number of benzene rings is 1. The number of allylic oxidation sites excluding steroid dienone is 1. The van der Waals surface area contributed by atoms with Crippen molar-refractivity contribution < 1.29 is 19.1 Å². The van der Waals surface area contributed by atoms with E-state index in [2.05, 4.69) is 15.9 Å². The number of hydrogen-bond donors (Lipinski definition) is 0. The van der Waals surface area contributed by atoms with Crippen molar-refractivity contribution in [3.63, 3.8) is 0 Å². The Morgan fingerprint density at radius 2 is 1.78 bits per heavy atom. The van der Waals surface area contributed by atoms with Gasteiger partial charge in [-0.2, -0.15) is 0 Å². The van der Waals surface area contributed by atoms with Gasteiger partial charge in [0.05, 0.1) is 0 Å². The van der Waals surface area contributed by atoms with Gasteiger partial charge in [-0.3, -0.25) is 9.59 Å². The molecule has 1 aromatic rings. The number of hydrogen-bond acceptors (Lipinski definition) is 4. The van der Waals surface area contributed by atoms with E-state index in [1.165, 1.54) is 13.8 Å². The first-order valence-electron chi connectivity index (χ1n) is 5.28. The molecule has 0 aliphatic heterocycles. The van der Waals surface area contributed by atoms with Gasteiger partial charge in [0.15, 0.2) is 11.5 Å². The molecule has 5 heteroatoms. The van der Waals surface area contributed by atoms with Crippen LogP contribution in [0.3, 0.4) is 0 Å². The standard InChI is InChI=1S/C13H13BrO4/c1-9(15)17-12-6-5-11(4-3-7-14)8-13(12)18-10(2)16/h3,5-8H,4H2,1-2H3. The molecule has 0 spiro atoms. The molecule has 0 fully saturated rings. The molecule has 0 N–H and O–H groups in total. The zero-order valence-corrected chi connectivity index (χ0v) is 11.7. The van der Waals surface area contributed by atoms with Gasteiger partial charge in [-0.05, 0) is 29.1 Å². The van der Waals surface area contributed by atoms with E-state index in [0.29, 0.717) is 6.42 Å². The van der Waals surface area contributed by atoms with Crippen LogP contribution in [0.2, 0.25) is 0 Å². The van der Waals surface area contributed by atoms with Gasteiger partial charge in [0.1, 0.15) is 0 Å². The molecular weight excluding hydrogens is 300 g/mol. The maximum Gasteiger partial charge on any atom is 0.308 e. The molecule has 4 nitrogen and oxygen atoms in total. The zero-order valence-electron chi connectivity index (χ0n) is 10.1. The van der Waals surface area contributed by atoms with E-state index in [9.17, 15) is 9.59 Å². The zero-order chi connectivity index (χ0) is 13.5. The minimum Gasteiger partial charge on any atom is -0.423 e. The summed E-state index contributed by atoms with van der Waals surface area (Å²) in [5.74, 6) is -0.435. The van der Waals surface area contributed by atoms with Crippen LogP contribution in [0, 0.1) is 0 Å². The van der Waals surface area contributed by atoms with Crippen molar-refractivity contribution in [2.24, 2.45) is 0 Å². The number of carbonyl (C=O) groups is 2. The Hall–Kier alpha value is -1.62. The summed E-state index contributed by atoms with van der Waals surface area (Å²) >= 11 is 3.18. The minimum absolute atomic E-state index is 0.240. The average molecular weight is 313 g/mol. The normalized spacial score (nSPS) is 10.4. The lowest BCUT2D eigenvalue weighted by atomic mass is 10.1. The third kappa shape index (κ3) is 4.71. The van der Waals surface area contributed by atoms with Crippen molar-refractivity contribution >= 4 is 27.9 Å². The molecule has 0 saturated heterocycles. The summed E-state index contributed by atoms with van der Waals surface area (Å²) in [7, 11) is 0. The van der Waals surface area contributed by atoms with Gasteiger partial charge in [0.2, 0.25) is 0 Å². The van der Waals surface area contributed by atoms with E-state index in [1.807, 2.05) is 6.08 Å². The highest BCUT2D eigenvalue weighted by Crippen LogP contribution is 2.29. The van der Waals surface area contributed by atoms with E-state index in [-0.39, 0.29) is 11.5 Å². The molecule has 0 saturated carbocycles. The molecule has 0 amide bonds. The molecule has 0 atom stereocenters. The third-order valence-electron chi connectivity index (χ3n) is 1.96. The van der Waals surface area contributed by atoms with Crippen LogP contribution >= 0.6 is 15.9 Å². The Morgan fingerprint density at radius 1 is 1.17 bits per heavy atom. The summed E-state index contributed by atoms with van der Waals surface area (Å²) < 4.78 is 9.98. The number of rotatable bonds is 4. The van der Waals surface area contributed by atoms with Crippen LogP contribution < -0.4 is 9.47 Å². The third-order valence-corrected chi connectivity index (χ3v) is 2.33. The first-order chi connectivity index (χ1) is 8.52. The summed E-state index contributed by atoms with van der Waals surface area (Å²) in [6.45, 7) is 2.58. The first kappa shape index (κ1) is 14.4. The maximum atomic E-state index is 11.0. The number of carbonyl (C=O) groups excluding carboxylic acids is 2. The van der Waals surface area contributed by atoms with E-state index in [0.717, 1.165) is 5.56 Å². The molecule has 0 radical (unpaired) electrons. The fourth-order valence-electron chi connectivity index (χ4n) is 1.33. The molecule has 0 aromatic heterocycles. The van der Waals surface area contributed by atoms with Gasteiger partial charge in [-0.25, -0.2) is 0 Å². The fourth-order valence-corrected chi connectivity index (χ4v) is 1.52. The van der Waals surface area contributed by atoms with Crippen molar-refractivity contribution in [3.05, 3.63) is 34.8 Å². The van der Waals surface area contributed by atoms with Crippen molar-refractivity contribution in [1.29, 1.82) is 0 Å². The second-order valence-electron chi connectivity index (χ2n) is 3.53. The quantitative estimate of drug-likeness (QED) is 0.633. The van der Waals surface area contributed by atoms with Gasteiger partial charge in [-0.15, -0.1) is 0 Å². The molecular formula is C13H13BrO4. The van der Waals surface area contributed by atoms with Gasteiger partial charge in [0, 0.05) is 13.8 Å². The number of esters is 2. The van der Waals surface area contributed by atoms with Crippen molar-refractivity contribution in [3.8, 4) is 11.5 Å². The predicted octanol–water partition coefficient (Wildman–Crippen LogP) is 2.99. The Morgan fingerprint density at radius 3 is 2.33 bits per heavy atom. The van der Waals surface area contributed by atoms with E-state index >= 15 is 0 Å². The SMILES string of the molecule is CC(=O)Oc1ccc(CC=CBr)cc1OC(C)=O. The van der Waals surface area contributed by atoms with Crippen LogP contribution in [-0.2, 0) is 16.0 Å². The molecule has 0 bridgehead atoms. The topological polar surface area (TPSA) is 52.6 Å². The van der Waals surface area contributed by atoms with Crippen molar-refractivity contribution in [1.82, 2.24) is 0 Å². The van der Waals surface area contributed by atoms with Crippen LogP contribution in [0.15, 0.2) is 29.3 Å². The van der Waals surface area contributed by atoms with Crippen LogP contribution in [-0.4, -0.2) is 11.9 Å². The van der Waals surface area contributed by atoms with Crippen molar-refractivity contribution in [2.75, 3.05) is 0 Å². The van der Waals surface area contributed by atoms with Crippen LogP contribution in [0.5, 0.6) is 11.5 Å². The van der Waals surface area contributed by atoms with Gasteiger partial charge in [0.25, 0.3) is 0 Å². The Kier molecular flexibility index (Phi) is 5.58. The summed E-state index contributed by atoms with van der Waals surface area (Å²) in [6.07, 6.45) is 2.58. The Bertz CT molecular complexity index is 480. The van der Waals surface area contributed by atoms with Crippen LogP contribution in [0.1, 0.15) is 19.4 Å². The molecule has 0 heterocycles. The summed E-state index contributed by atoms with van der Waals surface area (Å²) in [5, 5.41) is 0. The molecule has 18 heavy (non-hydrogen) atoms. The predicted molar refractivity (Wildman–Crippen MR) is 70.8 cm³/mol. The molecule has 0 unspecified atom stereocenters. The smallest absolute Gasteiger partial charge is 0.308 e. The number of halogens is 1. The molecule has 1 aromatic carbocycles. The monoisotopic (exact) mass is 312 g/mol. The fraction of sp³-hybridized carbons (Fsp3) is 0.231. The van der Waals surface area contributed by atoms with Gasteiger partial charge in [-0.1, -0.05) is 28.1 Å². The van der Waals surface area contributed by atoms with Crippen LogP contribution in [0.4, 0.5) is 0 Å². The molecule has 96 valence electrons. The Balaban J connectivity index is 3.02. The maximum absolute atomic E-state index is 11.0. The molecule has 0 aliphatic rings. The van der Waals surface area contributed by atoms with Crippen LogP contribution in [0.25, 0.3) is 0 Å². The average Bonchev–Trinajstić information content (AvgIpc) is 2.28.